The van der Waals surface area contributed by atoms with Gasteiger partial charge in [0.05, 0.1) is 18.4 Å². The van der Waals surface area contributed by atoms with Gasteiger partial charge in [-0.05, 0) is 19.8 Å². The number of thiazole rings is 1. The summed E-state index contributed by atoms with van der Waals surface area (Å²) in [4.78, 5) is 13.6. The van der Waals surface area contributed by atoms with Crippen molar-refractivity contribution in [2.24, 2.45) is 4.99 Å². The number of aryl methyl sites for hydroxylation is 1. The van der Waals surface area contributed by atoms with Crippen LogP contribution >= 0.6 is 35.3 Å². The molecule has 1 aromatic carbocycles. The molecule has 0 atom stereocenters. The molecule has 0 bridgehead atoms. The molecule has 156 valence electrons. The van der Waals surface area contributed by atoms with E-state index in [1.54, 1.807) is 17.5 Å². The quantitative estimate of drug-likeness (QED) is 0.255. The van der Waals surface area contributed by atoms with Crippen LogP contribution in [0.2, 0.25) is 0 Å². The maximum absolute atomic E-state index is 5.85. The normalized spacial score (nSPS) is 11.4. The largest absolute Gasteiger partial charge is 0.439 e. The van der Waals surface area contributed by atoms with E-state index in [0.717, 1.165) is 34.5 Å². The number of rotatable bonds is 7. The number of benzene rings is 1. The Hall–Kier alpha value is -1.94. The average Bonchev–Trinajstić information content (AvgIpc) is 3.34. The second kappa shape index (κ2) is 11.3. The van der Waals surface area contributed by atoms with Crippen molar-refractivity contribution in [2.45, 2.75) is 46.7 Å². The van der Waals surface area contributed by atoms with E-state index in [1.165, 1.54) is 5.56 Å². The molecule has 3 rings (SSSR count). The van der Waals surface area contributed by atoms with Crippen molar-refractivity contribution < 1.29 is 4.42 Å². The van der Waals surface area contributed by atoms with Crippen LogP contribution in [0.1, 0.15) is 48.8 Å². The van der Waals surface area contributed by atoms with E-state index < -0.39 is 0 Å². The first-order valence-corrected chi connectivity index (χ1v) is 10.4. The number of hydrogen-bond donors (Lipinski definition) is 2. The van der Waals surface area contributed by atoms with Gasteiger partial charge in [0, 0.05) is 17.5 Å². The molecular formula is C21H28IN5OS. The summed E-state index contributed by atoms with van der Waals surface area (Å²) in [6.45, 7) is 10.2. The molecule has 0 saturated heterocycles. The fourth-order valence-corrected chi connectivity index (χ4v) is 3.45. The zero-order chi connectivity index (χ0) is 19.9. The zero-order valence-electron chi connectivity index (χ0n) is 17.2. The van der Waals surface area contributed by atoms with Gasteiger partial charge in [-0.3, -0.25) is 0 Å². The lowest BCUT2D eigenvalue weighted by atomic mass is 10.1. The van der Waals surface area contributed by atoms with E-state index in [0.29, 0.717) is 24.9 Å². The van der Waals surface area contributed by atoms with Gasteiger partial charge in [0.1, 0.15) is 11.6 Å². The van der Waals surface area contributed by atoms with Crippen LogP contribution in [0.3, 0.4) is 0 Å². The molecular weight excluding hydrogens is 497 g/mol. The minimum Gasteiger partial charge on any atom is -0.439 e. The summed E-state index contributed by atoms with van der Waals surface area (Å²) in [5.74, 6) is 2.51. The molecule has 2 heterocycles. The van der Waals surface area contributed by atoms with Crippen LogP contribution in [0.25, 0.3) is 11.3 Å². The number of aromatic nitrogens is 2. The highest BCUT2D eigenvalue weighted by atomic mass is 127. The van der Waals surface area contributed by atoms with Gasteiger partial charge in [-0.15, -0.1) is 35.3 Å². The highest BCUT2D eigenvalue weighted by molar-refractivity contribution is 14.0. The average molecular weight is 525 g/mol. The van der Waals surface area contributed by atoms with Crippen molar-refractivity contribution in [1.82, 2.24) is 20.6 Å². The SMILES string of the molecule is CCNC(=NCc1ncc(-c2ccc(C)cc2)o1)NCc1nc(C(C)C)cs1.I. The topological polar surface area (TPSA) is 75.3 Å². The van der Waals surface area contributed by atoms with Crippen LogP contribution in [0.5, 0.6) is 0 Å². The van der Waals surface area contributed by atoms with Crippen molar-refractivity contribution in [3.8, 4) is 11.3 Å². The smallest absolute Gasteiger partial charge is 0.216 e. The first-order valence-electron chi connectivity index (χ1n) is 9.53. The Morgan fingerprint density at radius 3 is 2.62 bits per heavy atom. The van der Waals surface area contributed by atoms with E-state index in [9.17, 15) is 0 Å². The van der Waals surface area contributed by atoms with Gasteiger partial charge in [0.2, 0.25) is 5.89 Å². The number of guanidine groups is 1. The van der Waals surface area contributed by atoms with Gasteiger partial charge in [-0.1, -0.05) is 43.7 Å². The number of halogens is 1. The molecule has 0 fully saturated rings. The molecule has 2 N–H and O–H groups in total. The fraction of sp³-hybridized carbons (Fsp3) is 0.381. The van der Waals surface area contributed by atoms with Crippen LogP contribution in [0, 0.1) is 6.92 Å². The number of oxazole rings is 1. The van der Waals surface area contributed by atoms with Gasteiger partial charge < -0.3 is 15.1 Å². The third kappa shape index (κ3) is 6.81. The van der Waals surface area contributed by atoms with Gasteiger partial charge >= 0.3 is 0 Å². The van der Waals surface area contributed by atoms with Crippen LogP contribution in [-0.2, 0) is 13.1 Å². The predicted molar refractivity (Wildman–Crippen MR) is 130 cm³/mol. The van der Waals surface area contributed by atoms with E-state index >= 15 is 0 Å². The molecule has 0 saturated carbocycles. The van der Waals surface area contributed by atoms with Crippen molar-refractivity contribution in [2.75, 3.05) is 6.54 Å². The first kappa shape index (κ1) is 23.3. The highest BCUT2D eigenvalue weighted by Crippen LogP contribution is 2.21. The minimum absolute atomic E-state index is 0. The minimum atomic E-state index is 0. The summed E-state index contributed by atoms with van der Waals surface area (Å²) in [6, 6.07) is 8.19. The van der Waals surface area contributed by atoms with Crippen LogP contribution in [-0.4, -0.2) is 22.5 Å². The Bertz CT molecular complexity index is 917. The van der Waals surface area contributed by atoms with Crippen molar-refractivity contribution in [3.63, 3.8) is 0 Å². The predicted octanol–water partition coefficient (Wildman–Crippen LogP) is 5.10. The van der Waals surface area contributed by atoms with Crippen molar-refractivity contribution in [1.29, 1.82) is 0 Å². The van der Waals surface area contributed by atoms with Crippen molar-refractivity contribution in [3.05, 3.63) is 58.0 Å². The van der Waals surface area contributed by atoms with Crippen LogP contribution in [0.15, 0.2) is 45.3 Å². The molecule has 3 aromatic rings. The lowest BCUT2D eigenvalue weighted by Crippen LogP contribution is -2.36. The molecule has 0 aliphatic rings. The fourth-order valence-electron chi connectivity index (χ4n) is 2.55. The van der Waals surface area contributed by atoms with Crippen molar-refractivity contribution >= 4 is 41.3 Å². The maximum Gasteiger partial charge on any atom is 0.216 e. The number of nitrogens with one attached hydrogen (secondary N) is 2. The molecule has 0 unspecified atom stereocenters. The summed E-state index contributed by atoms with van der Waals surface area (Å²) >= 11 is 1.67. The standard InChI is InChI=1S/C21H27N5OS.HI/c1-5-22-21(25-12-20-26-17(13-28-20)14(2)3)24-11-19-23-10-18(27-19)16-8-6-15(4)7-9-16;/h6-10,13-14H,5,11-12H2,1-4H3,(H2,22,24,25);1H. The molecule has 2 aromatic heterocycles. The summed E-state index contributed by atoms with van der Waals surface area (Å²) < 4.78 is 5.85. The van der Waals surface area contributed by atoms with Gasteiger partial charge in [-0.25, -0.2) is 15.0 Å². The Kier molecular flexibility index (Phi) is 9.09. The summed E-state index contributed by atoms with van der Waals surface area (Å²) in [5.41, 5.74) is 3.37. The Morgan fingerprint density at radius 2 is 1.97 bits per heavy atom. The second-order valence-electron chi connectivity index (χ2n) is 6.85. The third-order valence-corrected chi connectivity index (χ3v) is 5.04. The number of nitrogens with zero attached hydrogens (tertiary/aromatic N) is 3. The van der Waals surface area contributed by atoms with Crippen LogP contribution < -0.4 is 10.6 Å². The number of aliphatic imine (C=N–C) groups is 1. The Balaban J connectivity index is 0.00000300. The van der Waals surface area contributed by atoms with Gasteiger partial charge in [0.25, 0.3) is 0 Å². The highest BCUT2D eigenvalue weighted by Gasteiger charge is 2.08. The van der Waals surface area contributed by atoms with E-state index in [-0.39, 0.29) is 24.0 Å². The molecule has 8 heteroatoms. The van der Waals surface area contributed by atoms with Gasteiger partial charge in [0.15, 0.2) is 11.7 Å². The van der Waals surface area contributed by atoms with Crippen LogP contribution in [0.4, 0.5) is 0 Å². The summed E-state index contributed by atoms with van der Waals surface area (Å²) in [7, 11) is 0. The molecule has 0 amide bonds. The lowest BCUT2D eigenvalue weighted by molar-refractivity contribution is 0.509. The molecule has 0 aliphatic carbocycles. The Morgan fingerprint density at radius 1 is 1.21 bits per heavy atom. The molecule has 0 spiro atoms. The second-order valence-corrected chi connectivity index (χ2v) is 7.80. The molecule has 0 radical (unpaired) electrons. The third-order valence-electron chi connectivity index (χ3n) is 4.17. The molecule has 0 aliphatic heterocycles. The number of hydrogen-bond acceptors (Lipinski definition) is 5. The maximum atomic E-state index is 5.85. The van der Waals surface area contributed by atoms with Gasteiger partial charge in [-0.2, -0.15) is 0 Å². The summed E-state index contributed by atoms with van der Waals surface area (Å²) in [6.07, 6.45) is 1.75. The lowest BCUT2D eigenvalue weighted by Gasteiger charge is -2.09. The van der Waals surface area contributed by atoms with E-state index in [1.807, 2.05) is 19.1 Å². The molecule has 29 heavy (non-hydrogen) atoms. The zero-order valence-corrected chi connectivity index (χ0v) is 20.4. The monoisotopic (exact) mass is 525 g/mol. The first-order chi connectivity index (χ1) is 13.5. The Labute approximate surface area is 193 Å². The van der Waals surface area contributed by atoms with E-state index in [2.05, 4.69) is 63.9 Å². The molecule has 6 nitrogen and oxygen atoms in total. The summed E-state index contributed by atoms with van der Waals surface area (Å²) in [5, 5.41) is 9.73. The van der Waals surface area contributed by atoms with E-state index in [4.69, 9.17) is 4.42 Å².